The number of nitrogens with one attached hydrogen (secondary N) is 1. The second kappa shape index (κ2) is 6.76. The largest absolute Gasteiger partial charge is 0.481 e. The molecule has 7 heteroatoms. The molecule has 23 heavy (non-hydrogen) atoms. The molecule has 0 saturated carbocycles. The summed E-state index contributed by atoms with van der Waals surface area (Å²) in [6, 6.07) is 1.89. The first-order chi connectivity index (χ1) is 10.8. The number of rotatable bonds is 6. The van der Waals surface area contributed by atoms with Gasteiger partial charge in [-0.3, -0.25) is 9.59 Å². The number of fused-ring (bicyclic) bond motifs is 1. The van der Waals surface area contributed by atoms with Gasteiger partial charge in [-0.1, -0.05) is 13.8 Å². The van der Waals surface area contributed by atoms with Crippen molar-refractivity contribution in [1.29, 1.82) is 0 Å². The number of carboxylic acid groups (broad SMARTS) is 1. The summed E-state index contributed by atoms with van der Waals surface area (Å²) < 4.78 is 1.82. The van der Waals surface area contributed by atoms with E-state index >= 15 is 0 Å². The normalized spacial score (nSPS) is 13.7. The van der Waals surface area contributed by atoms with E-state index in [-0.39, 0.29) is 18.5 Å². The lowest BCUT2D eigenvalue weighted by atomic mass is 10.1. The molecule has 0 saturated heterocycles. The summed E-state index contributed by atoms with van der Waals surface area (Å²) in [6.45, 7) is 7.57. The highest BCUT2D eigenvalue weighted by Gasteiger charge is 2.19. The molecule has 2 unspecified atom stereocenters. The summed E-state index contributed by atoms with van der Waals surface area (Å²) in [5.41, 5.74) is 1.87. The van der Waals surface area contributed by atoms with E-state index in [1.165, 1.54) is 0 Å². The third-order valence-corrected chi connectivity index (χ3v) is 3.94. The number of aromatic nitrogens is 3. The zero-order chi connectivity index (χ0) is 17.1. The molecule has 0 spiro atoms. The summed E-state index contributed by atoms with van der Waals surface area (Å²) in [5.74, 6) is -1.89. The fourth-order valence-electron chi connectivity index (χ4n) is 2.25. The van der Waals surface area contributed by atoms with Gasteiger partial charge in [-0.2, -0.15) is 5.10 Å². The van der Waals surface area contributed by atoms with Crippen molar-refractivity contribution in [2.45, 2.75) is 40.2 Å². The van der Waals surface area contributed by atoms with E-state index in [2.05, 4.69) is 22.3 Å². The Kier molecular flexibility index (Phi) is 4.98. The second-order valence-electron chi connectivity index (χ2n) is 5.84. The van der Waals surface area contributed by atoms with Crippen molar-refractivity contribution in [1.82, 2.24) is 20.1 Å². The van der Waals surface area contributed by atoms with Crippen LogP contribution in [0.5, 0.6) is 0 Å². The molecule has 0 radical (unpaired) electrons. The first-order valence-electron chi connectivity index (χ1n) is 7.71. The summed E-state index contributed by atoms with van der Waals surface area (Å²) in [5, 5.41) is 16.6. The van der Waals surface area contributed by atoms with E-state index in [0.29, 0.717) is 16.6 Å². The van der Waals surface area contributed by atoms with Gasteiger partial charge >= 0.3 is 5.97 Å². The van der Waals surface area contributed by atoms with Gasteiger partial charge in [0.05, 0.1) is 29.1 Å². The van der Waals surface area contributed by atoms with E-state index in [0.717, 1.165) is 12.1 Å². The van der Waals surface area contributed by atoms with E-state index < -0.39 is 11.9 Å². The van der Waals surface area contributed by atoms with Crippen LogP contribution in [0.3, 0.4) is 0 Å². The molecule has 2 atom stereocenters. The lowest BCUT2D eigenvalue weighted by Gasteiger charge is -2.12. The average Bonchev–Trinajstić information content (AvgIpc) is 2.93. The standard InChI is InChI=1S/C16H22N4O3/c1-5-11(4)20-14-13(8-18-20)12(6-10(3)19-14)15(21)17-7-9(2)16(22)23/h6,8-9,11H,5,7H2,1-4H3,(H,17,21)(H,22,23). The van der Waals surface area contributed by atoms with Gasteiger partial charge in [-0.15, -0.1) is 0 Å². The fraction of sp³-hybridized carbons (Fsp3) is 0.500. The Morgan fingerprint density at radius 1 is 1.39 bits per heavy atom. The topological polar surface area (TPSA) is 97.1 Å². The maximum absolute atomic E-state index is 12.4. The number of amides is 1. The molecular formula is C16H22N4O3. The van der Waals surface area contributed by atoms with Gasteiger partial charge in [0.25, 0.3) is 5.91 Å². The highest BCUT2D eigenvalue weighted by Crippen LogP contribution is 2.22. The molecule has 0 bridgehead atoms. The Bertz CT molecular complexity index is 738. The maximum Gasteiger partial charge on any atom is 0.308 e. The van der Waals surface area contributed by atoms with Crippen LogP contribution >= 0.6 is 0 Å². The van der Waals surface area contributed by atoms with E-state index in [1.807, 2.05) is 18.5 Å². The van der Waals surface area contributed by atoms with Gasteiger partial charge in [0, 0.05) is 12.2 Å². The SMILES string of the molecule is CCC(C)n1ncc2c(C(=O)NCC(C)C(=O)O)cc(C)nc21. The molecular weight excluding hydrogens is 296 g/mol. The van der Waals surface area contributed by atoms with Crippen molar-refractivity contribution in [2.24, 2.45) is 5.92 Å². The van der Waals surface area contributed by atoms with Crippen LogP contribution in [0.15, 0.2) is 12.3 Å². The molecule has 7 nitrogen and oxygen atoms in total. The average molecular weight is 318 g/mol. The van der Waals surface area contributed by atoms with Crippen LogP contribution in [0.4, 0.5) is 0 Å². The minimum atomic E-state index is -0.939. The number of nitrogens with zero attached hydrogens (tertiary/aromatic N) is 3. The second-order valence-corrected chi connectivity index (χ2v) is 5.84. The predicted octanol–water partition coefficient (Wildman–Crippen LogP) is 2.16. The third-order valence-electron chi connectivity index (χ3n) is 3.94. The van der Waals surface area contributed by atoms with Gasteiger partial charge in [-0.25, -0.2) is 9.67 Å². The van der Waals surface area contributed by atoms with Crippen molar-refractivity contribution in [3.05, 3.63) is 23.5 Å². The van der Waals surface area contributed by atoms with Gasteiger partial charge < -0.3 is 10.4 Å². The van der Waals surface area contributed by atoms with Crippen molar-refractivity contribution in [2.75, 3.05) is 6.54 Å². The van der Waals surface area contributed by atoms with E-state index in [4.69, 9.17) is 5.11 Å². The number of pyridine rings is 1. The molecule has 2 N–H and O–H groups in total. The molecule has 0 fully saturated rings. The lowest BCUT2D eigenvalue weighted by molar-refractivity contribution is -0.140. The summed E-state index contributed by atoms with van der Waals surface area (Å²) in [6.07, 6.45) is 2.55. The van der Waals surface area contributed by atoms with Crippen LogP contribution < -0.4 is 5.32 Å². The Labute approximate surface area is 134 Å². The Morgan fingerprint density at radius 3 is 2.70 bits per heavy atom. The molecule has 1 amide bonds. The molecule has 124 valence electrons. The fourth-order valence-corrected chi connectivity index (χ4v) is 2.25. The van der Waals surface area contributed by atoms with Gasteiger partial charge in [0.2, 0.25) is 0 Å². The van der Waals surface area contributed by atoms with Crippen molar-refractivity contribution < 1.29 is 14.7 Å². The van der Waals surface area contributed by atoms with Crippen LogP contribution in [0.25, 0.3) is 11.0 Å². The van der Waals surface area contributed by atoms with E-state index in [9.17, 15) is 9.59 Å². The molecule has 0 aromatic carbocycles. The number of hydrogen-bond donors (Lipinski definition) is 2. The Balaban J connectivity index is 2.35. The van der Waals surface area contributed by atoms with E-state index in [1.54, 1.807) is 19.2 Å². The molecule has 0 aliphatic carbocycles. The first-order valence-corrected chi connectivity index (χ1v) is 7.71. The highest BCUT2D eigenvalue weighted by atomic mass is 16.4. The molecule has 2 aromatic rings. The molecule has 0 aliphatic rings. The first kappa shape index (κ1) is 16.9. The summed E-state index contributed by atoms with van der Waals surface area (Å²) in [7, 11) is 0. The monoisotopic (exact) mass is 318 g/mol. The van der Waals surface area contributed by atoms with Crippen molar-refractivity contribution >= 4 is 22.9 Å². The number of carbonyl (C=O) groups excluding carboxylic acids is 1. The third kappa shape index (κ3) is 3.49. The number of carboxylic acids is 1. The Hall–Kier alpha value is -2.44. The number of hydrogen-bond acceptors (Lipinski definition) is 4. The zero-order valence-electron chi connectivity index (χ0n) is 13.8. The van der Waals surface area contributed by atoms with Crippen LogP contribution in [0.2, 0.25) is 0 Å². The van der Waals surface area contributed by atoms with Crippen LogP contribution in [0.1, 0.15) is 49.3 Å². The molecule has 2 aromatic heterocycles. The number of aryl methyl sites for hydroxylation is 1. The maximum atomic E-state index is 12.4. The molecule has 0 aliphatic heterocycles. The van der Waals surface area contributed by atoms with Gasteiger partial charge in [0.15, 0.2) is 5.65 Å². The summed E-state index contributed by atoms with van der Waals surface area (Å²) in [4.78, 5) is 27.8. The molecule has 2 heterocycles. The van der Waals surface area contributed by atoms with Crippen LogP contribution in [-0.4, -0.2) is 38.3 Å². The van der Waals surface area contributed by atoms with Crippen molar-refractivity contribution in [3.63, 3.8) is 0 Å². The van der Waals surface area contributed by atoms with Crippen molar-refractivity contribution in [3.8, 4) is 0 Å². The van der Waals surface area contributed by atoms with Crippen LogP contribution in [0, 0.1) is 12.8 Å². The summed E-state index contributed by atoms with van der Waals surface area (Å²) >= 11 is 0. The minimum Gasteiger partial charge on any atom is -0.481 e. The van der Waals surface area contributed by atoms with Crippen LogP contribution in [-0.2, 0) is 4.79 Å². The highest BCUT2D eigenvalue weighted by molar-refractivity contribution is 6.05. The smallest absolute Gasteiger partial charge is 0.308 e. The quantitative estimate of drug-likeness (QED) is 0.850. The van der Waals surface area contributed by atoms with Gasteiger partial charge in [-0.05, 0) is 26.3 Å². The molecule has 2 rings (SSSR count). The zero-order valence-corrected chi connectivity index (χ0v) is 13.8. The number of aliphatic carboxylic acids is 1. The lowest BCUT2D eigenvalue weighted by Crippen LogP contribution is -2.31. The minimum absolute atomic E-state index is 0.0799. The predicted molar refractivity (Wildman–Crippen MR) is 86.4 cm³/mol. The Morgan fingerprint density at radius 2 is 2.09 bits per heavy atom. The van der Waals surface area contributed by atoms with Gasteiger partial charge in [0.1, 0.15) is 0 Å². The number of carbonyl (C=O) groups is 2.